The number of rotatable bonds is 7. The number of carboxylic acids is 1. The molecule has 0 aromatic heterocycles. The van der Waals surface area contributed by atoms with Crippen LogP contribution in [0, 0.1) is 0 Å². The Kier molecular flexibility index (Phi) is 5.15. The van der Waals surface area contributed by atoms with E-state index in [1.807, 2.05) is 48.5 Å². The molecule has 0 saturated heterocycles. The van der Waals surface area contributed by atoms with Gasteiger partial charge in [-0.25, -0.2) is 0 Å². The molecule has 0 aliphatic rings. The van der Waals surface area contributed by atoms with Gasteiger partial charge in [-0.15, -0.1) is 0 Å². The molecule has 1 atom stereocenters. The second kappa shape index (κ2) is 7.31. The molecule has 0 fully saturated rings. The number of carboxylic acid groups (broad SMARTS) is 1. The van der Waals surface area contributed by atoms with Gasteiger partial charge in [0, 0.05) is 6.54 Å². The van der Waals surface area contributed by atoms with Gasteiger partial charge in [0.05, 0.1) is 0 Å². The van der Waals surface area contributed by atoms with E-state index in [2.05, 4.69) is 5.32 Å². The molecular formula is C16H17NO3. The van der Waals surface area contributed by atoms with Crippen molar-refractivity contribution < 1.29 is 14.6 Å². The molecular weight excluding hydrogens is 254 g/mol. The fourth-order valence-corrected chi connectivity index (χ4v) is 1.88. The summed E-state index contributed by atoms with van der Waals surface area (Å²) in [6, 6.07) is 17.8. The summed E-state index contributed by atoms with van der Waals surface area (Å²) in [7, 11) is 0. The third-order valence-electron chi connectivity index (χ3n) is 2.84. The van der Waals surface area contributed by atoms with Crippen LogP contribution in [-0.2, 0) is 4.79 Å². The van der Waals surface area contributed by atoms with E-state index < -0.39 is 12.0 Å². The Balaban J connectivity index is 1.83. The monoisotopic (exact) mass is 271 g/mol. The first kappa shape index (κ1) is 14.1. The van der Waals surface area contributed by atoms with Crippen LogP contribution in [0.5, 0.6) is 5.75 Å². The van der Waals surface area contributed by atoms with Crippen molar-refractivity contribution in [3.63, 3.8) is 0 Å². The van der Waals surface area contributed by atoms with Gasteiger partial charge in [-0.2, -0.15) is 0 Å². The van der Waals surface area contributed by atoms with Crippen LogP contribution in [0.2, 0.25) is 0 Å². The van der Waals surface area contributed by atoms with Gasteiger partial charge in [-0.3, -0.25) is 10.1 Å². The molecule has 104 valence electrons. The maximum atomic E-state index is 11.3. The van der Waals surface area contributed by atoms with Gasteiger partial charge in [0.15, 0.2) is 0 Å². The van der Waals surface area contributed by atoms with Crippen LogP contribution in [0.1, 0.15) is 11.6 Å². The van der Waals surface area contributed by atoms with E-state index in [-0.39, 0.29) is 0 Å². The average Bonchev–Trinajstić information content (AvgIpc) is 2.49. The maximum absolute atomic E-state index is 11.3. The zero-order valence-corrected chi connectivity index (χ0v) is 11.0. The van der Waals surface area contributed by atoms with Crippen molar-refractivity contribution in [3.8, 4) is 5.75 Å². The summed E-state index contributed by atoms with van der Waals surface area (Å²) >= 11 is 0. The van der Waals surface area contributed by atoms with Gasteiger partial charge in [-0.1, -0.05) is 48.5 Å². The molecule has 0 saturated carbocycles. The highest BCUT2D eigenvalue weighted by molar-refractivity contribution is 5.75. The molecule has 2 N–H and O–H groups in total. The lowest BCUT2D eigenvalue weighted by molar-refractivity contribution is -0.139. The topological polar surface area (TPSA) is 58.6 Å². The van der Waals surface area contributed by atoms with Crippen molar-refractivity contribution >= 4 is 5.97 Å². The van der Waals surface area contributed by atoms with Crippen molar-refractivity contribution in [2.75, 3.05) is 13.2 Å². The smallest absolute Gasteiger partial charge is 0.325 e. The minimum atomic E-state index is -0.893. The first-order valence-electron chi connectivity index (χ1n) is 6.46. The highest BCUT2D eigenvalue weighted by atomic mass is 16.5. The SMILES string of the molecule is O=C(O)C(NCCOc1ccccc1)c1ccccc1. The highest BCUT2D eigenvalue weighted by Crippen LogP contribution is 2.12. The van der Waals surface area contributed by atoms with Gasteiger partial charge in [0.1, 0.15) is 18.4 Å². The molecule has 2 aromatic rings. The largest absolute Gasteiger partial charge is 0.492 e. The zero-order valence-electron chi connectivity index (χ0n) is 11.0. The van der Waals surface area contributed by atoms with E-state index in [0.717, 1.165) is 11.3 Å². The summed E-state index contributed by atoms with van der Waals surface area (Å²) in [6.07, 6.45) is 0. The first-order chi connectivity index (χ1) is 9.77. The Morgan fingerprint density at radius 3 is 2.25 bits per heavy atom. The number of para-hydroxylation sites is 1. The van der Waals surface area contributed by atoms with E-state index in [0.29, 0.717) is 13.2 Å². The second-order valence-corrected chi connectivity index (χ2v) is 4.30. The second-order valence-electron chi connectivity index (χ2n) is 4.30. The van der Waals surface area contributed by atoms with E-state index in [1.165, 1.54) is 0 Å². The van der Waals surface area contributed by atoms with Gasteiger partial charge in [0.25, 0.3) is 0 Å². The van der Waals surface area contributed by atoms with Crippen molar-refractivity contribution in [2.24, 2.45) is 0 Å². The molecule has 0 heterocycles. The Hall–Kier alpha value is -2.33. The van der Waals surface area contributed by atoms with Crippen LogP contribution in [0.3, 0.4) is 0 Å². The number of hydrogen-bond acceptors (Lipinski definition) is 3. The number of benzene rings is 2. The summed E-state index contributed by atoms with van der Waals surface area (Å²) in [6.45, 7) is 0.876. The Morgan fingerprint density at radius 2 is 1.65 bits per heavy atom. The molecule has 0 aliphatic carbocycles. The summed E-state index contributed by atoms with van der Waals surface area (Å²) in [5, 5.41) is 12.2. The van der Waals surface area contributed by atoms with Gasteiger partial charge in [-0.05, 0) is 17.7 Å². The van der Waals surface area contributed by atoms with Crippen LogP contribution >= 0.6 is 0 Å². The van der Waals surface area contributed by atoms with Crippen LogP contribution in [0.25, 0.3) is 0 Å². The molecule has 2 aromatic carbocycles. The lowest BCUT2D eigenvalue weighted by Gasteiger charge is -2.15. The third-order valence-corrected chi connectivity index (χ3v) is 2.84. The summed E-state index contributed by atoms with van der Waals surface area (Å²) in [5.41, 5.74) is 0.736. The molecule has 20 heavy (non-hydrogen) atoms. The maximum Gasteiger partial charge on any atom is 0.325 e. The molecule has 0 aliphatic heterocycles. The summed E-state index contributed by atoms with van der Waals surface area (Å²) < 4.78 is 5.52. The van der Waals surface area contributed by atoms with Gasteiger partial charge >= 0.3 is 5.97 Å². The number of aliphatic carboxylic acids is 1. The van der Waals surface area contributed by atoms with Crippen molar-refractivity contribution in [1.29, 1.82) is 0 Å². The minimum Gasteiger partial charge on any atom is -0.492 e. The summed E-state index contributed by atoms with van der Waals surface area (Å²) in [5.74, 6) is -0.114. The molecule has 4 heteroatoms. The highest BCUT2D eigenvalue weighted by Gasteiger charge is 2.18. The van der Waals surface area contributed by atoms with Crippen LogP contribution in [0.15, 0.2) is 60.7 Å². The number of nitrogens with one attached hydrogen (secondary N) is 1. The Morgan fingerprint density at radius 1 is 1.05 bits per heavy atom. The zero-order chi connectivity index (χ0) is 14.2. The molecule has 2 rings (SSSR count). The standard InChI is InChI=1S/C16H17NO3/c18-16(19)15(13-7-3-1-4-8-13)17-11-12-20-14-9-5-2-6-10-14/h1-10,15,17H,11-12H2,(H,18,19). The number of ether oxygens (including phenoxy) is 1. The predicted octanol–water partition coefficient (Wildman–Crippen LogP) is 2.48. The lowest BCUT2D eigenvalue weighted by atomic mass is 10.1. The molecule has 0 amide bonds. The molecule has 1 unspecified atom stereocenters. The minimum absolute atomic E-state index is 0.417. The van der Waals surface area contributed by atoms with E-state index in [1.54, 1.807) is 12.1 Å². The molecule has 4 nitrogen and oxygen atoms in total. The number of hydrogen-bond donors (Lipinski definition) is 2. The van der Waals surface area contributed by atoms with Crippen LogP contribution < -0.4 is 10.1 Å². The molecule has 0 spiro atoms. The molecule has 0 bridgehead atoms. The Labute approximate surface area is 118 Å². The summed E-state index contributed by atoms with van der Waals surface area (Å²) in [4.78, 5) is 11.3. The van der Waals surface area contributed by atoms with Crippen molar-refractivity contribution in [3.05, 3.63) is 66.2 Å². The van der Waals surface area contributed by atoms with E-state index in [9.17, 15) is 9.90 Å². The van der Waals surface area contributed by atoms with Gasteiger partial charge < -0.3 is 9.84 Å². The van der Waals surface area contributed by atoms with E-state index in [4.69, 9.17) is 4.74 Å². The average molecular weight is 271 g/mol. The molecule has 0 radical (unpaired) electrons. The Bertz CT molecular complexity index is 528. The van der Waals surface area contributed by atoms with Gasteiger partial charge in [0.2, 0.25) is 0 Å². The quantitative estimate of drug-likeness (QED) is 0.760. The number of carbonyl (C=O) groups is 1. The van der Waals surface area contributed by atoms with Crippen LogP contribution in [-0.4, -0.2) is 24.2 Å². The van der Waals surface area contributed by atoms with Crippen molar-refractivity contribution in [2.45, 2.75) is 6.04 Å². The van der Waals surface area contributed by atoms with E-state index >= 15 is 0 Å². The fourth-order valence-electron chi connectivity index (χ4n) is 1.88. The fraction of sp³-hybridized carbons (Fsp3) is 0.188. The lowest BCUT2D eigenvalue weighted by Crippen LogP contribution is -2.31. The normalized spacial score (nSPS) is 11.8. The third kappa shape index (κ3) is 4.10. The predicted molar refractivity (Wildman–Crippen MR) is 76.8 cm³/mol. The first-order valence-corrected chi connectivity index (χ1v) is 6.46. The van der Waals surface area contributed by atoms with Crippen molar-refractivity contribution in [1.82, 2.24) is 5.32 Å². The van der Waals surface area contributed by atoms with Crippen LogP contribution in [0.4, 0.5) is 0 Å².